The molecule has 0 aromatic heterocycles. The third kappa shape index (κ3) is 2.64. The first-order valence-electron chi connectivity index (χ1n) is 6.61. The summed E-state index contributed by atoms with van der Waals surface area (Å²) in [5.74, 6) is -2.17. The molecule has 1 fully saturated rings. The first-order chi connectivity index (χ1) is 9.65. The lowest BCUT2D eigenvalue weighted by Gasteiger charge is -2.12. The second kappa shape index (κ2) is 5.19. The van der Waals surface area contributed by atoms with Crippen molar-refractivity contribution in [3.8, 4) is 0 Å². The van der Waals surface area contributed by atoms with Crippen molar-refractivity contribution < 1.29 is 13.2 Å². The summed E-state index contributed by atoms with van der Waals surface area (Å²) in [7, 11) is 0. The molecular formula is C16H14F3N. The third-order valence-electron chi connectivity index (χ3n) is 3.53. The van der Waals surface area contributed by atoms with Gasteiger partial charge in [0.15, 0.2) is 11.6 Å². The van der Waals surface area contributed by atoms with Crippen LogP contribution < -0.4 is 5.32 Å². The highest BCUT2D eigenvalue weighted by Gasteiger charge is 2.25. The van der Waals surface area contributed by atoms with Gasteiger partial charge in [-0.3, -0.25) is 0 Å². The van der Waals surface area contributed by atoms with Crippen LogP contribution in [0.5, 0.6) is 0 Å². The van der Waals surface area contributed by atoms with Crippen LogP contribution in [0.2, 0.25) is 0 Å². The molecule has 1 saturated carbocycles. The number of benzene rings is 2. The summed E-state index contributed by atoms with van der Waals surface area (Å²) in [6, 6.07) is 9.22. The highest BCUT2D eigenvalue weighted by Crippen LogP contribution is 2.41. The molecule has 0 spiro atoms. The summed E-state index contributed by atoms with van der Waals surface area (Å²) in [4.78, 5) is 0. The topological polar surface area (TPSA) is 12.0 Å². The molecule has 0 aliphatic heterocycles. The van der Waals surface area contributed by atoms with Gasteiger partial charge in [-0.1, -0.05) is 24.3 Å². The Bertz CT molecular complexity index is 612. The molecule has 104 valence electrons. The predicted molar refractivity (Wildman–Crippen MR) is 72.1 cm³/mol. The van der Waals surface area contributed by atoms with E-state index in [1.807, 2.05) is 24.3 Å². The lowest BCUT2D eigenvalue weighted by molar-refractivity contribution is 0.547. The first kappa shape index (κ1) is 13.0. The van der Waals surface area contributed by atoms with E-state index >= 15 is 0 Å². The Labute approximate surface area is 115 Å². The largest absolute Gasteiger partial charge is 0.376 e. The highest BCUT2D eigenvalue weighted by molar-refractivity contribution is 5.47. The number of halogens is 3. The molecular weight excluding hydrogens is 263 g/mol. The number of rotatable bonds is 4. The molecule has 2 aromatic rings. The Hall–Kier alpha value is -1.97. The second-order valence-electron chi connectivity index (χ2n) is 5.07. The van der Waals surface area contributed by atoms with Crippen molar-refractivity contribution in [3.63, 3.8) is 0 Å². The third-order valence-corrected chi connectivity index (χ3v) is 3.53. The van der Waals surface area contributed by atoms with Gasteiger partial charge in [-0.05, 0) is 29.9 Å². The molecule has 0 unspecified atom stereocenters. The minimum atomic E-state index is -0.913. The Balaban J connectivity index is 1.80. The zero-order chi connectivity index (χ0) is 14.1. The Morgan fingerprint density at radius 2 is 1.65 bits per heavy atom. The maximum atomic E-state index is 13.5. The van der Waals surface area contributed by atoms with Gasteiger partial charge in [-0.25, -0.2) is 13.2 Å². The number of anilines is 1. The molecule has 1 N–H and O–H groups in total. The van der Waals surface area contributed by atoms with E-state index in [4.69, 9.17) is 0 Å². The maximum absolute atomic E-state index is 13.5. The van der Waals surface area contributed by atoms with Crippen LogP contribution in [0.25, 0.3) is 0 Å². The van der Waals surface area contributed by atoms with Gasteiger partial charge in [-0.15, -0.1) is 0 Å². The van der Waals surface area contributed by atoms with E-state index in [1.54, 1.807) is 0 Å². The van der Waals surface area contributed by atoms with Gasteiger partial charge in [0.05, 0.1) is 0 Å². The van der Waals surface area contributed by atoms with E-state index in [0.717, 1.165) is 18.4 Å². The van der Waals surface area contributed by atoms with E-state index in [0.29, 0.717) is 24.6 Å². The van der Waals surface area contributed by atoms with Crippen molar-refractivity contribution in [2.24, 2.45) is 0 Å². The van der Waals surface area contributed by atoms with Crippen LogP contribution in [0, 0.1) is 17.5 Å². The molecule has 4 heteroatoms. The molecule has 1 aliphatic carbocycles. The average molecular weight is 277 g/mol. The summed E-state index contributed by atoms with van der Waals surface area (Å²) >= 11 is 0. The quantitative estimate of drug-likeness (QED) is 0.861. The van der Waals surface area contributed by atoms with Crippen LogP contribution in [0.15, 0.2) is 36.4 Å². The predicted octanol–water partition coefficient (Wildman–Crippen LogP) is 4.59. The van der Waals surface area contributed by atoms with E-state index < -0.39 is 17.5 Å². The Morgan fingerprint density at radius 1 is 1.00 bits per heavy atom. The van der Waals surface area contributed by atoms with E-state index in [1.165, 1.54) is 5.56 Å². The molecule has 1 nitrogen and oxygen atoms in total. The summed E-state index contributed by atoms with van der Waals surface area (Å²) in [6.07, 6.45) is 2.33. The van der Waals surface area contributed by atoms with Gasteiger partial charge in [-0.2, -0.15) is 0 Å². The van der Waals surface area contributed by atoms with Gasteiger partial charge in [0.2, 0.25) is 0 Å². The molecule has 2 aromatic carbocycles. The van der Waals surface area contributed by atoms with Crippen LogP contribution in [0.1, 0.15) is 29.9 Å². The zero-order valence-electron chi connectivity index (χ0n) is 10.8. The van der Waals surface area contributed by atoms with Gasteiger partial charge in [0.1, 0.15) is 11.5 Å². The van der Waals surface area contributed by atoms with Gasteiger partial charge in [0.25, 0.3) is 0 Å². The van der Waals surface area contributed by atoms with Crippen LogP contribution in [0.3, 0.4) is 0 Å². The van der Waals surface area contributed by atoms with Crippen LogP contribution in [-0.4, -0.2) is 0 Å². The molecule has 0 saturated heterocycles. The smallest absolute Gasteiger partial charge is 0.152 e. The standard InChI is InChI=1S/C16H14F3N/c17-12-7-14(18)16(15(19)8-12)20-9-11-3-1-2-4-13(11)10-5-6-10/h1-4,7-8,10,20H,5-6,9H2. The summed E-state index contributed by atoms with van der Waals surface area (Å²) < 4.78 is 39.9. The van der Waals surface area contributed by atoms with Crippen molar-refractivity contribution >= 4 is 5.69 Å². The first-order valence-corrected chi connectivity index (χ1v) is 6.61. The van der Waals surface area contributed by atoms with E-state index in [2.05, 4.69) is 5.32 Å². The number of nitrogens with one attached hydrogen (secondary N) is 1. The second-order valence-corrected chi connectivity index (χ2v) is 5.07. The maximum Gasteiger partial charge on any atom is 0.152 e. The molecule has 0 atom stereocenters. The lowest BCUT2D eigenvalue weighted by Crippen LogP contribution is -2.06. The van der Waals surface area contributed by atoms with E-state index in [9.17, 15) is 13.2 Å². The Kier molecular flexibility index (Phi) is 3.38. The summed E-state index contributed by atoms with van der Waals surface area (Å²) in [6.45, 7) is 0.326. The fraction of sp³-hybridized carbons (Fsp3) is 0.250. The minimum Gasteiger partial charge on any atom is -0.376 e. The Morgan fingerprint density at radius 3 is 2.30 bits per heavy atom. The van der Waals surface area contributed by atoms with Crippen LogP contribution in [-0.2, 0) is 6.54 Å². The molecule has 0 amide bonds. The van der Waals surface area contributed by atoms with Gasteiger partial charge < -0.3 is 5.32 Å². The number of hydrogen-bond acceptors (Lipinski definition) is 1. The minimum absolute atomic E-state index is 0.281. The van der Waals surface area contributed by atoms with Gasteiger partial charge >= 0.3 is 0 Å². The van der Waals surface area contributed by atoms with Crippen LogP contribution >= 0.6 is 0 Å². The van der Waals surface area contributed by atoms with Crippen molar-refractivity contribution in [2.45, 2.75) is 25.3 Å². The molecule has 1 aliphatic rings. The summed E-state index contributed by atoms with van der Waals surface area (Å²) in [5.41, 5.74) is 1.97. The lowest BCUT2D eigenvalue weighted by atomic mass is 10.0. The number of hydrogen-bond donors (Lipinski definition) is 1. The van der Waals surface area contributed by atoms with Crippen molar-refractivity contribution in [2.75, 3.05) is 5.32 Å². The molecule has 20 heavy (non-hydrogen) atoms. The fourth-order valence-corrected chi connectivity index (χ4v) is 2.38. The van der Waals surface area contributed by atoms with Crippen LogP contribution in [0.4, 0.5) is 18.9 Å². The average Bonchev–Trinajstić information content (AvgIpc) is 3.22. The van der Waals surface area contributed by atoms with Crippen molar-refractivity contribution in [1.82, 2.24) is 0 Å². The molecule has 0 radical (unpaired) electrons. The molecule has 3 rings (SSSR count). The van der Waals surface area contributed by atoms with Crippen molar-refractivity contribution in [1.29, 1.82) is 0 Å². The van der Waals surface area contributed by atoms with Gasteiger partial charge in [0, 0.05) is 18.7 Å². The van der Waals surface area contributed by atoms with Crippen molar-refractivity contribution in [3.05, 3.63) is 65.0 Å². The summed E-state index contributed by atoms with van der Waals surface area (Å²) in [5, 5.41) is 2.73. The fourth-order valence-electron chi connectivity index (χ4n) is 2.38. The molecule has 0 bridgehead atoms. The monoisotopic (exact) mass is 277 g/mol. The normalized spacial score (nSPS) is 14.3. The van der Waals surface area contributed by atoms with E-state index in [-0.39, 0.29) is 5.69 Å². The zero-order valence-corrected chi connectivity index (χ0v) is 10.8. The molecule has 0 heterocycles. The highest BCUT2D eigenvalue weighted by atomic mass is 19.1. The SMILES string of the molecule is Fc1cc(F)c(NCc2ccccc2C2CC2)c(F)c1.